The van der Waals surface area contributed by atoms with Crippen molar-refractivity contribution >= 4 is 5.78 Å². The van der Waals surface area contributed by atoms with Gasteiger partial charge in [0.15, 0.2) is 5.78 Å². The van der Waals surface area contributed by atoms with Gasteiger partial charge in [0.25, 0.3) is 0 Å². The summed E-state index contributed by atoms with van der Waals surface area (Å²) in [6.45, 7) is 3.44. The van der Waals surface area contributed by atoms with Crippen LogP contribution in [0.2, 0.25) is 0 Å². The van der Waals surface area contributed by atoms with E-state index in [1.807, 2.05) is 32.9 Å². The normalized spacial score (nSPS) is 15.6. The van der Waals surface area contributed by atoms with Gasteiger partial charge in [0.2, 0.25) is 0 Å². The molecular weight excluding hydrogens is 196 g/mol. The number of ketones is 1. The molecule has 0 radical (unpaired) electrons. The van der Waals surface area contributed by atoms with Crippen molar-refractivity contribution in [2.75, 3.05) is 0 Å². The lowest BCUT2D eigenvalue weighted by molar-refractivity contribution is -0.114. The van der Waals surface area contributed by atoms with Crippen LogP contribution >= 0.6 is 0 Å². The Morgan fingerprint density at radius 2 is 2.00 bits per heavy atom. The zero-order valence-corrected chi connectivity index (χ0v) is 10.1. The van der Waals surface area contributed by atoms with Gasteiger partial charge in [-0.15, -0.1) is 0 Å². The Morgan fingerprint density at radius 3 is 2.50 bits per heavy atom. The van der Waals surface area contributed by atoms with Gasteiger partial charge in [0, 0.05) is 10.5 Å². The molecule has 1 heteroatoms. The molecule has 0 saturated carbocycles. The topological polar surface area (TPSA) is 17.1 Å². The summed E-state index contributed by atoms with van der Waals surface area (Å²) >= 11 is 0. The van der Waals surface area contributed by atoms with E-state index in [-0.39, 0.29) is 12.2 Å². The fourth-order valence-electron chi connectivity index (χ4n) is 1.50. The SMILES string of the molecule is [2H]C([2H])([2H])[C@@H](CC(=O)C=C(C)C)c1ccc(C)cc1. The van der Waals surface area contributed by atoms with Crippen LogP contribution in [0, 0.1) is 6.92 Å². The maximum absolute atomic E-state index is 11.8. The standard InChI is InChI=1S/C15H20O/c1-11(2)9-15(16)10-13(4)14-7-5-12(3)6-8-14/h5-9,13H,10H2,1-4H3/t13-/m0/s1/i4D3. The molecule has 0 N–H and O–H groups in total. The maximum atomic E-state index is 11.8. The molecule has 1 aromatic rings. The van der Waals surface area contributed by atoms with E-state index in [1.54, 1.807) is 12.1 Å². The van der Waals surface area contributed by atoms with Crippen molar-refractivity contribution in [3.8, 4) is 0 Å². The second kappa shape index (κ2) is 5.64. The molecule has 0 aromatic heterocycles. The summed E-state index contributed by atoms with van der Waals surface area (Å²) in [7, 11) is 0. The van der Waals surface area contributed by atoms with E-state index in [0.29, 0.717) is 5.56 Å². The quantitative estimate of drug-likeness (QED) is 0.699. The van der Waals surface area contributed by atoms with Crippen LogP contribution in [0.5, 0.6) is 0 Å². The molecule has 16 heavy (non-hydrogen) atoms. The van der Waals surface area contributed by atoms with Crippen LogP contribution in [0.1, 0.15) is 48.3 Å². The van der Waals surface area contributed by atoms with E-state index >= 15 is 0 Å². The van der Waals surface area contributed by atoms with E-state index < -0.39 is 12.8 Å². The number of rotatable bonds is 4. The predicted octanol–water partition coefficient (Wildman–Crippen LogP) is 4.02. The number of carbonyl (C=O) groups is 1. The van der Waals surface area contributed by atoms with Crippen molar-refractivity contribution < 1.29 is 8.91 Å². The number of hydrogen-bond donors (Lipinski definition) is 0. The number of carbonyl (C=O) groups excluding carboxylic acids is 1. The molecule has 0 saturated heterocycles. The third-order valence-electron chi connectivity index (χ3n) is 2.33. The van der Waals surface area contributed by atoms with E-state index in [0.717, 1.165) is 11.1 Å². The summed E-state index contributed by atoms with van der Waals surface area (Å²) in [5, 5.41) is 0. The number of allylic oxidation sites excluding steroid dienone is 2. The molecule has 0 heterocycles. The Morgan fingerprint density at radius 1 is 1.38 bits per heavy atom. The van der Waals surface area contributed by atoms with Gasteiger partial charge in [-0.3, -0.25) is 4.79 Å². The third kappa shape index (κ3) is 4.01. The van der Waals surface area contributed by atoms with Gasteiger partial charge in [0.05, 0.1) is 0 Å². The minimum atomic E-state index is -2.17. The molecule has 0 bridgehead atoms. The van der Waals surface area contributed by atoms with Crippen LogP contribution in [-0.4, -0.2) is 5.78 Å². The molecule has 0 aliphatic heterocycles. The summed E-state index contributed by atoms with van der Waals surface area (Å²) < 4.78 is 22.8. The first-order valence-electron chi connectivity index (χ1n) is 6.94. The van der Waals surface area contributed by atoms with Crippen molar-refractivity contribution in [3.05, 3.63) is 47.0 Å². The average Bonchev–Trinajstić information content (AvgIpc) is 2.25. The molecule has 1 atom stereocenters. The Balaban J connectivity index is 3.00. The maximum Gasteiger partial charge on any atom is 0.156 e. The van der Waals surface area contributed by atoms with Crippen LogP contribution in [0.3, 0.4) is 0 Å². The van der Waals surface area contributed by atoms with Gasteiger partial charge in [-0.05, 0) is 38.3 Å². The largest absolute Gasteiger partial charge is 0.295 e. The van der Waals surface area contributed by atoms with E-state index in [4.69, 9.17) is 4.11 Å². The molecule has 0 unspecified atom stereocenters. The highest BCUT2D eigenvalue weighted by atomic mass is 16.1. The van der Waals surface area contributed by atoms with E-state index in [2.05, 4.69) is 0 Å². The smallest absolute Gasteiger partial charge is 0.156 e. The lowest BCUT2D eigenvalue weighted by Crippen LogP contribution is -2.02. The van der Waals surface area contributed by atoms with Gasteiger partial charge in [0.1, 0.15) is 0 Å². The van der Waals surface area contributed by atoms with Gasteiger partial charge in [-0.25, -0.2) is 0 Å². The van der Waals surface area contributed by atoms with Gasteiger partial charge in [-0.1, -0.05) is 42.3 Å². The number of benzene rings is 1. The number of aryl methyl sites for hydroxylation is 1. The second-order valence-electron chi connectivity index (χ2n) is 4.36. The highest BCUT2D eigenvalue weighted by molar-refractivity contribution is 5.90. The fourth-order valence-corrected chi connectivity index (χ4v) is 1.50. The zero-order chi connectivity index (χ0) is 14.6. The molecule has 0 amide bonds. The molecule has 1 aromatic carbocycles. The van der Waals surface area contributed by atoms with Crippen LogP contribution < -0.4 is 0 Å². The van der Waals surface area contributed by atoms with Crippen LogP contribution in [0.15, 0.2) is 35.9 Å². The summed E-state index contributed by atoms with van der Waals surface area (Å²) in [6, 6.07) is 7.34. The Labute approximate surface area is 102 Å². The Hall–Kier alpha value is -1.37. The minimum Gasteiger partial charge on any atom is -0.295 e. The first kappa shape index (κ1) is 8.74. The molecule has 0 spiro atoms. The van der Waals surface area contributed by atoms with Crippen molar-refractivity contribution in [1.29, 1.82) is 0 Å². The van der Waals surface area contributed by atoms with Gasteiger partial charge < -0.3 is 0 Å². The van der Waals surface area contributed by atoms with Crippen molar-refractivity contribution in [1.82, 2.24) is 0 Å². The predicted molar refractivity (Wildman–Crippen MR) is 68.6 cm³/mol. The summed E-state index contributed by atoms with van der Waals surface area (Å²) in [6.07, 6.45) is 1.53. The average molecular weight is 219 g/mol. The van der Waals surface area contributed by atoms with Crippen LogP contribution in [-0.2, 0) is 4.79 Å². The van der Waals surface area contributed by atoms with Crippen molar-refractivity contribution in [2.24, 2.45) is 0 Å². The molecule has 0 aliphatic carbocycles. The molecule has 1 rings (SSSR count). The van der Waals surface area contributed by atoms with E-state index in [9.17, 15) is 4.79 Å². The third-order valence-corrected chi connectivity index (χ3v) is 2.33. The Bertz CT molecular complexity index is 465. The summed E-state index contributed by atoms with van der Waals surface area (Å²) in [5.74, 6) is -0.877. The van der Waals surface area contributed by atoms with Gasteiger partial charge >= 0.3 is 0 Å². The first-order chi connectivity index (χ1) is 8.70. The fraction of sp³-hybridized carbons (Fsp3) is 0.400. The minimum absolute atomic E-state index is 0.0186. The van der Waals surface area contributed by atoms with Crippen molar-refractivity contribution in [3.63, 3.8) is 0 Å². The lowest BCUT2D eigenvalue weighted by atomic mass is 9.94. The lowest BCUT2D eigenvalue weighted by Gasteiger charge is -2.10. The summed E-state index contributed by atoms with van der Waals surface area (Å²) in [4.78, 5) is 11.8. The van der Waals surface area contributed by atoms with Crippen LogP contribution in [0.25, 0.3) is 0 Å². The van der Waals surface area contributed by atoms with Crippen LogP contribution in [0.4, 0.5) is 0 Å². The second-order valence-corrected chi connectivity index (χ2v) is 4.36. The molecule has 0 aliphatic rings. The molecular formula is C15H20O. The number of hydrogen-bond acceptors (Lipinski definition) is 1. The highest BCUT2D eigenvalue weighted by Gasteiger charge is 2.09. The Kier molecular flexibility index (Phi) is 3.08. The summed E-state index contributed by atoms with van der Waals surface area (Å²) in [5.41, 5.74) is 2.66. The molecule has 1 nitrogen and oxygen atoms in total. The molecule has 86 valence electrons. The van der Waals surface area contributed by atoms with E-state index in [1.165, 1.54) is 6.08 Å². The zero-order valence-electron chi connectivity index (χ0n) is 13.1. The highest BCUT2D eigenvalue weighted by Crippen LogP contribution is 2.20. The van der Waals surface area contributed by atoms with Gasteiger partial charge in [-0.2, -0.15) is 0 Å². The van der Waals surface area contributed by atoms with Crippen molar-refractivity contribution in [2.45, 2.75) is 40.0 Å². The first-order valence-corrected chi connectivity index (χ1v) is 5.44. The molecule has 0 fully saturated rings. The monoisotopic (exact) mass is 219 g/mol.